The number of nitrogens with one attached hydrogen (secondary N) is 1. The molecule has 4 heteroatoms. The van der Waals surface area contributed by atoms with Crippen LogP contribution in [0.1, 0.15) is 44.7 Å². The number of aryl methyl sites for hydroxylation is 1. The largest absolute Gasteiger partial charge is 0.508 e. The highest BCUT2D eigenvalue weighted by Gasteiger charge is 2.21. The maximum atomic E-state index is 11.9. The quantitative estimate of drug-likeness (QED) is 0.723. The summed E-state index contributed by atoms with van der Waals surface area (Å²) in [5.74, 6) is 0.579. The van der Waals surface area contributed by atoms with E-state index >= 15 is 0 Å². The summed E-state index contributed by atoms with van der Waals surface area (Å²) in [5.41, 5.74) is 0.670. The number of benzene rings is 1. The molecule has 0 saturated carbocycles. The fraction of sp³-hybridized carbons (Fsp3) is 0.588. The van der Waals surface area contributed by atoms with E-state index in [0.717, 1.165) is 17.5 Å². The molecule has 21 heavy (non-hydrogen) atoms. The van der Waals surface area contributed by atoms with E-state index in [4.69, 9.17) is 0 Å². The summed E-state index contributed by atoms with van der Waals surface area (Å²) in [7, 11) is 0. The van der Waals surface area contributed by atoms with E-state index in [9.17, 15) is 15.0 Å². The molecule has 118 valence electrons. The average Bonchev–Trinajstić information content (AvgIpc) is 2.39. The SMILES string of the molecule is Cc1ccc(CC(=O)NCC(C)(O)CCC(C)C)cc1O. The zero-order valence-electron chi connectivity index (χ0n) is 13.4. The third-order valence-electron chi connectivity index (χ3n) is 3.56. The van der Waals surface area contributed by atoms with Crippen molar-refractivity contribution in [3.8, 4) is 5.75 Å². The summed E-state index contributed by atoms with van der Waals surface area (Å²) in [6, 6.07) is 5.22. The van der Waals surface area contributed by atoms with Crippen LogP contribution in [0.5, 0.6) is 5.75 Å². The predicted molar refractivity (Wildman–Crippen MR) is 84.3 cm³/mol. The third kappa shape index (κ3) is 6.63. The van der Waals surface area contributed by atoms with Crippen LogP contribution in [-0.2, 0) is 11.2 Å². The first kappa shape index (κ1) is 17.5. The van der Waals surface area contributed by atoms with Crippen molar-refractivity contribution < 1.29 is 15.0 Å². The highest BCUT2D eigenvalue weighted by Crippen LogP contribution is 2.18. The molecule has 0 aliphatic carbocycles. The Bertz CT molecular complexity index is 481. The van der Waals surface area contributed by atoms with Gasteiger partial charge in [-0.3, -0.25) is 4.79 Å². The summed E-state index contributed by atoms with van der Waals surface area (Å²) in [5, 5.41) is 22.6. The molecule has 1 aromatic rings. The summed E-state index contributed by atoms with van der Waals surface area (Å²) in [6.07, 6.45) is 1.79. The fourth-order valence-electron chi connectivity index (χ4n) is 1.99. The van der Waals surface area contributed by atoms with Gasteiger partial charge in [0.25, 0.3) is 0 Å². The van der Waals surface area contributed by atoms with Crippen LogP contribution < -0.4 is 5.32 Å². The molecule has 0 bridgehead atoms. The smallest absolute Gasteiger partial charge is 0.224 e. The lowest BCUT2D eigenvalue weighted by atomic mass is 9.95. The van der Waals surface area contributed by atoms with E-state index < -0.39 is 5.60 Å². The normalized spacial score (nSPS) is 14.0. The van der Waals surface area contributed by atoms with Crippen molar-refractivity contribution in [2.24, 2.45) is 5.92 Å². The molecule has 3 N–H and O–H groups in total. The number of carbonyl (C=O) groups is 1. The molecular weight excluding hydrogens is 266 g/mol. The van der Waals surface area contributed by atoms with Crippen molar-refractivity contribution in [2.75, 3.05) is 6.54 Å². The van der Waals surface area contributed by atoms with Gasteiger partial charge >= 0.3 is 0 Å². The highest BCUT2D eigenvalue weighted by molar-refractivity contribution is 5.78. The predicted octanol–water partition coefficient (Wildman–Crippen LogP) is 2.55. The number of phenolic OH excluding ortho intramolecular Hbond substituents is 1. The Morgan fingerprint density at radius 3 is 2.62 bits per heavy atom. The van der Waals surface area contributed by atoms with Crippen LogP contribution in [0, 0.1) is 12.8 Å². The zero-order chi connectivity index (χ0) is 16.0. The molecular formula is C17H27NO3. The molecule has 0 radical (unpaired) electrons. The zero-order valence-corrected chi connectivity index (χ0v) is 13.4. The summed E-state index contributed by atoms with van der Waals surface area (Å²) >= 11 is 0. The van der Waals surface area contributed by atoms with E-state index in [-0.39, 0.29) is 24.6 Å². The molecule has 1 unspecified atom stereocenters. The molecule has 0 spiro atoms. The summed E-state index contributed by atoms with van der Waals surface area (Å²) < 4.78 is 0. The van der Waals surface area contributed by atoms with Gasteiger partial charge in [0.05, 0.1) is 12.0 Å². The Morgan fingerprint density at radius 2 is 2.05 bits per heavy atom. The number of amides is 1. The lowest BCUT2D eigenvalue weighted by Crippen LogP contribution is -2.41. The van der Waals surface area contributed by atoms with Crippen molar-refractivity contribution in [2.45, 2.75) is 52.6 Å². The van der Waals surface area contributed by atoms with Crippen LogP contribution in [0.3, 0.4) is 0 Å². The standard InChI is InChI=1S/C17H27NO3/c1-12(2)7-8-17(4,21)11-18-16(20)10-14-6-5-13(3)15(19)9-14/h5-6,9,12,19,21H,7-8,10-11H2,1-4H3,(H,18,20). The fourth-order valence-corrected chi connectivity index (χ4v) is 1.99. The molecule has 0 aliphatic rings. The average molecular weight is 293 g/mol. The van der Waals surface area contributed by atoms with Gasteiger partial charge in [0.1, 0.15) is 5.75 Å². The number of hydrogen-bond donors (Lipinski definition) is 3. The first-order chi connectivity index (χ1) is 9.69. The van der Waals surface area contributed by atoms with Gasteiger partial charge in [-0.05, 0) is 49.8 Å². The third-order valence-corrected chi connectivity index (χ3v) is 3.56. The minimum Gasteiger partial charge on any atom is -0.508 e. The maximum absolute atomic E-state index is 11.9. The van der Waals surface area contributed by atoms with Gasteiger partial charge in [0, 0.05) is 6.54 Å². The van der Waals surface area contributed by atoms with Crippen molar-refractivity contribution in [1.82, 2.24) is 5.32 Å². The van der Waals surface area contributed by atoms with Crippen LogP contribution >= 0.6 is 0 Å². The maximum Gasteiger partial charge on any atom is 0.224 e. The minimum atomic E-state index is -0.880. The van der Waals surface area contributed by atoms with Crippen LogP contribution in [0.25, 0.3) is 0 Å². The molecule has 0 aromatic heterocycles. The van der Waals surface area contributed by atoms with Gasteiger partial charge in [-0.1, -0.05) is 26.0 Å². The van der Waals surface area contributed by atoms with Gasteiger partial charge in [0.2, 0.25) is 5.91 Å². The van der Waals surface area contributed by atoms with Crippen molar-refractivity contribution >= 4 is 5.91 Å². The van der Waals surface area contributed by atoms with Crippen LogP contribution in [-0.4, -0.2) is 28.3 Å². The van der Waals surface area contributed by atoms with E-state index in [1.165, 1.54) is 0 Å². The van der Waals surface area contributed by atoms with Gasteiger partial charge < -0.3 is 15.5 Å². The number of carbonyl (C=O) groups excluding carboxylic acids is 1. The lowest BCUT2D eigenvalue weighted by Gasteiger charge is -2.24. The highest BCUT2D eigenvalue weighted by atomic mass is 16.3. The Hall–Kier alpha value is -1.55. The number of aliphatic hydroxyl groups is 1. The molecule has 1 aromatic carbocycles. The molecule has 4 nitrogen and oxygen atoms in total. The van der Waals surface area contributed by atoms with E-state index in [1.54, 1.807) is 19.1 Å². The minimum absolute atomic E-state index is 0.150. The molecule has 0 aliphatic heterocycles. The second-order valence-electron chi connectivity index (χ2n) is 6.50. The van der Waals surface area contributed by atoms with Crippen LogP contribution in [0.2, 0.25) is 0 Å². The molecule has 1 rings (SSSR count). The summed E-state index contributed by atoms with van der Waals surface area (Å²) in [4.78, 5) is 11.9. The molecule has 1 atom stereocenters. The van der Waals surface area contributed by atoms with E-state index in [2.05, 4.69) is 19.2 Å². The van der Waals surface area contributed by atoms with Gasteiger partial charge in [-0.15, -0.1) is 0 Å². The lowest BCUT2D eigenvalue weighted by molar-refractivity contribution is -0.121. The summed E-state index contributed by atoms with van der Waals surface area (Å²) in [6.45, 7) is 8.02. The molecule has 1 amide bonds. The molecule has 0 saturated heterocycles. The Morgan fingerprint density at radius 1 is 1.38 bits per heavy atom. The van der Waals surface area contributed by atoms with Crippen molar-refractivity contribution in [3.63, 3.8) is 0 Å². The molecule has 0 heterocycles. The van der Waals surface area contributed by atoms with Crippen LogP contribution in [0.15, 0.2) is 18.2 Å². The Labute approximate surface area is 127 Å². The topological polar surface area (TPSA) is 69.6 Å². The number of aromatic hydroxyl groups is 1. The van der Waals surface area contributed by atoms with E-state index in [0.29, 0.717) is 12.3 Å². The van der Waals surface area contributed by atoms with Crippen molar-refractivity contribution in [1.29, 1.82) is 0 Å². The van der Waals surface area contributed by atoms with Crippen LogP contribution in [0.4, 0.5) is 0 Å². The number of phenols is 1. The van der Waals surface area contributed by atoms with Gasteiger partial charge in [-0.2, -0.15) is 0 Å². The van der Waals surface area contributed by atoms with Crippen molar-refractivity contribution in [3.05, 3.63) is 29.3 Å². The second-order valence-corrected chi connectivity index (χ2v) is 6.50. The molecule has 0 fully saturated rings. The van der Waals surface area contributed by atoms with Gasteiger partial charge in [-0.25, -0.2) is 0 Å². The van der Waals surface area contributed by atoms with Gasteiger partial charge in [0.15, 0.2) is 0 Å². The first-order valence-electron chi connectivity index (χ1n) is 7.47. The monoisotopic (exact) mass is 293 g/mol. The first-order valence-corrected chi connectivity index (χ1v) is 7.47. The number of hydrogen-bond acceptors (Lipinski definition) is 3. The van der Waals surface area contributed by atoms with E-state index in [1.807, 2.05) is 13.0 Å². The Balaban J connectivity index is 2.44. The number of rotatable bonds is 7. The second kappa shape index (κ2) is 7.46. The Kier molecular flexibility index (Phi) is 6.21.